The molecule has 0 spiro atoms. The van der Waals surface area contributed by atoms with Crippen molar-refractivity contribution >= 4 is 0 Å². The van der Waals surface area contributed by atoms with Gasteiger partial charge in [0.1, 0.15) is 0 Å². The lowest BCUT2D eigenvalue weighted by atomic mass is 9.66. The quantitative estimate of drug-likeness (QED) is 0.650. The first kappa shape index (κ1) is 8.79. The second-order valence-electron chi connectivity index (χ2n) is 5.43. The highest BCUT2D eigenvalue weighted by molar-refractivity contribution is 5.34. The van der Waals surface area contributed by atoms with Crippen molar-refractivity contribution in [3.05, 3.63) is 17.5 Å². The fourth-order valence-corrected chi connectivity index (χ4v) is 2.20. The third-order valence-electron chi connectivity index (χ3n) is 3.42. The van der Waals surface area contributed by atoms with Gasteiger partial charge in [0.2, 0.25) is 0 Å². The topological polar surface area (TPSA) is 28.7 Å². The molecule has 1 aliphatic rings. The summed E-state index contributed by atoms with van der Waals surface area (Å²) in [6.45, 7) is 9.19. The first-order valence-corrected chi connectivity index (χ1v) is 4.98. The lowest BCUT2D eigenvalue weighted by molar-refractivity contribution is 0.327. The van der Waals surface area contributed by atoms with Gasteiger partial charge in [-0.05, 0) is 23.8 Å². The SMILES string of the molecule is CC1(C)CCC(C)(C)c2[nH]ncc21. The normalized spacial score (nSPS) is 24.0. The summed E-state index contributed by atoms with van der Waals surface area (Å²) in [6, 6.07) is 0. The number of aromatic amines is 1. The van der Waals surface area contributed by atoms with Gasteiger partial charge in [0.15, 0.2) is 0 Å². The van der Waals surface area contributed by atoms with Crippen LogP contribution >= 0.6 is 0 Å². The number of rotatable bonds is 0. The molecule has 2 nitrogen and oxygen atoms in total. The average molecular weight is 178 g/mol. The fourth-order valence-electron chi connectivity index (χ4n) is 2.20. The first-order valence-electron chi connectivity index (χ1n) is 4.98. The Morgan fingerprint density at radius 3 is 2.38 bits per heavy atom. The van der Waals surface area contributed by atoms with Gasteiger partial charge in [-0.1, -0.05) is 27.7 Å². The Morgan fingerprint density at radius 2 is 1.77 bits per heavy atom. The lowest BCUT2D eigenvalue weighted by Crippen LogP contribution is -2.33. The Balaban J connectivity index is 2.56. The predicted octanol–water partition coefficient (Wildman–Crippen LogP) is 2.76. The molecule has 1 aliphatic carbocycles. The summed E-state index contributed by atoms with van der Waals surface area (Å²) >= 11 is 0. The summed E-state index contributed by atoms with van der Waals surface area (Å²) in [4.78, 5) is 0. The molecule has 0 radical (unpaired) electrons. The third-order valence-corrected chi connectivity index (χ3v) is 3.42. The van der Waals surface area contributed by atoms with E-state index in [9.17, 15) is 0 Å². The highest BCUT2D eigenvalue weighted by Gasteiger charge is 2.38. The summed E-state index contributed by atoms with van der Waals surface area (Å²) in [5.74, 6) is 0. The van der Waals surface area contributed by atoms with Gasteiger partial charge in [-0.25, -0.2) is 0 Å². The smallest absolute Gasteiger partial charge is 0.0527 e. The minimum Gasteiger partial charge on any atom is -0.282 e. The van der Waals surface area contributed by atoms with Gasteiger partial charge >= 0.3 is 0 Å². The zero-order chi connectivity index (χ0) is 9.69. The highest BCUT2D eigenvalue weighted by atomic mass is 15.1. The van der Waals surface area contributed by atoms with Crippen molar-refractivity contribution in [3.8, 4) is 0 Å². The van der Waals surface area contributed by atoms with Crippen molar-refractivity contribution in [2.24, 2.45) is 0 Å². The molecular weight excluding hydrogens is 160 g/mol. The summed E-state index contributed by atoms with van der Waals surface area (Å²) in [7, 11) is 0. The average Bonchev–Trinajstić information content (AvgIpc) is 2.48. The van der Waals surface area contributed by atoms with Crippen LogP contribution in [0.15, 0.2) is 6.20 Å². The van der Waals surface area contributed by atoms with E-state index >= 15 is 0 Å². The van der Waals surface area contributed by atoms with E-state index in [1.165, 1.54) is 24.1 Å². The molecule has 1 aromatic heterocycles. The molecule has 2 rings (SSSR count). The molecule has 0 aromatic carbocycles. The van der Waals surface area contributed by atoms with Crippen LogP contribution in [0.4, 0.5) is 0 Å². The molecule has 0 fully saturated rings. The van der Waals surface area contributed by atoms with Crippen molar-refractivity contribution in [3.63, 3.8) is 0 Å². The van der Waals surface area contributed by atoms with Gasteiger partial charge in [-0.2, -0.15) is 5.10 Å². The molecule has 0 atom stereocenters. The van der Waals surface area contributed by atoms with Crippen LogP contribution in [0.2, 0.25) is 0 Å². The predicted molar refractivity (Wildman–Crippen MR) is 53.9 cm³/mol. The summed E-state index contributed by atoms with van der Waals surface area (Å²) in [5, 5.41) is 7.32. The Hall–Kier alpha value is -0.790. The molecule has 0 saturated carbocycles. The molecule has 0 saturated heterocycles. The van der Waals surface area contributed by atoms with Gasteiger partial charge in [0, 0.05) is 11.1 Å². The van der Waals surface area contributed by atoms with Crippen LogP contribution in [-0.2, 0) is 10.8 Å². The first-order chi connectivity index (χ1) is 5.93. The molecule has 1 N–H and O–H groups in total. The van der Waals surface area contributed by atoms with E-state index in [-0.39, 0.29) is 5.41 Å². The molecular formula is C11H18N2. The van der Waals surface area contributed by atoms with Crippen LogP contribution in [-0.4, -0.2) is 10.2 Å². The standard InChI is InChI=1S/C11H18N2/c1-10(2)5-6-11(3,4)9-8(10)7-12-13-9/h7H,5-6H2,1-4H3,(H,12,13). The second kappa shape index (κ2) is 2.37. The van der Waals surface area contributed by atoms with E-state index < -0.39 is 0 Å². The van der Waals surface area contributed by atoms with Gasteiger partial charge < -0.3 is 0 Å². The van der Waals surface area contributed by atoms with Crippen molar-refractivity contribution in [1.29, 1.82) is 0 Å². The van der Waals surface area contributed by atoms with E-state index in [0.717, 1.165) is 0 Å². The lowest BCUT2D eigenvalue weighted by Gasteiger charge is -2.38. The van der Waals surface area contributed by atoms with Gasteiger partial charge in [-0.3, -0.25) is 5.10 Å². The summed E-state index contributed by atoms with van der Waals surface area (Å²) < 4.78 is 0. The summed E-state index contributed by atoms with van der Waals surface area (Å²) in [6.07, 6.45) is 4.50. The van der Waals surface area contributed by atoms with Crippen LogP contribution in [0.1, 0.15) is 51.8 Å². The van der Waals surface area contributed by atoms with Crippen LogP contribution in [0.5, 0.6) is 0 Å². The summed E-state index contributed by atoms with van der Waals surface area (Å²) in [5.41, 5.74) is 3.33. The Kier molecular flexibility index (Phi) is 1.60. The third kappa shape index (κ3) is 1.19. The van der Waals surface area contributed by atoms with Crippen LogP contribution in [0, 0.1) is 0 Å². The number of hydrogen-bond acceptors (Lipinski definition) is 1. The minimum atomic E-state index is 0.279. The van der Waals surface area contributed by atoms with E-state index in [2.05, 4.69) is 37.9 Å². The van der Waals surface area contributed by atoms with Gasteiger partial charge in [0.25, 0.3) is 0 Å². The van der Waals surface area contributed by atoms with E-state index in [1.54, 1.807) is 0 Å². The second-order valence-corrected chi connectivity index (χ2v) is 5.43. The van der Waals surface area contributed by atoms with E-state index in [4.69, 9.17) is 0 Å². The highest BCUT2D eigenvalue weighted by Crippen LogP contribution is 2.44. The zero-order valence-electron chi connectivity index (χ0n) is 8.94. The van der Waals surface area contributed by atoms with Gasteiger partial charge in [0.05, 0.1) is 6.20 Å². The maximum absolute atomic E-state index is 4.17. The number of aromatic nitrogens is 2. The molecule has 13 heavy (non-hydrogen) atoms. The molecule has 0 unspecified atom stereocenters. The van der Waals surface area contributed by atoms with E-state index in [1.807, 2.05) is 6.20 Å². The number of H-pyrrole nitrogens is 1. The number of nitrogens with one attached hydrogen (secondary N) is 1. The van der Waals surface area contributed by atoms with Crippen molar-refractivity contribution in [2.45, 2.75) is 51.4 Å². The van der Waals surface area contributed by atoms with Crippen molar-refractivity contribution < 1.29 is 0 Å². The molecule has 2 heteroatoms. The van der Waals surface area contributed by atoms with Crippen molar-refractivity contribution in [2.75, 3.05) is 0 Å². The van der Waals surface area contributed by atoms with Crippen LogP contribution < -0.4 is 0 Å². The monoisotopic (exact) mass is 178 g/mol. The number of nitrogens with zero attached hydrogens (tertiary/aromatic N) is 1. The number of fused-ring (bicyclic) bond motifs is 1. The van der Waals surface area contributed by atoms with Gasteiger partial charge in [-0.15, -0.1) is 0 Å². The molecule has 0 bridgehead atoms. The number of hydrogen-bond donors (Lipinski definition) is 1. The molecule has 72 valence electrons. The Bertz CT molecular complexity index is 290. The molecule has 0 aliphatic heterocycles. The maximum atomic E-state index is 4.17. The van der Waals surface area contributed by atoms with E-state index in [0.29, 0.717) is 5.41 Å². The van der Waals surface area contributed by atoms with Crippen LogP contribution in [0.3, 0.4) is 0 Å². The maximum Gasteiger partial charge on any atom is 0.0527 e. The Morgan fingerprint density at radius 1 is 1.15 bits per heavy atom. The zero-order valence-corrected chi connectivity index (χ0v) is 8.94. The van der Waals surface area contributed by atoms with Crippen molar-refractivity contribution in [1.82, 2.24) is 10.2 Å². The molecule has 0 amide bonds. The largest absolute Gasteiger partial charge is 0.282 e. The molecule has 1 aromatic rings. The fraction of sp³-hybridized carbons (Fsp3) is 0.727. The minimum absolute atomic E-state index is 0.279. The molecule has 1 heterocycles. The van der Waals surface area contributed by atoms with Crippen LogP contribution in [0.25, 0.3) is 0 Å². The Labute approximate surface area is 79.7 Å².